The molecule has 2 aromatic carbocycles. The Morgan fingerprint density at radius 3 is 2.23 bits per heavy atom. The standard InChI is InChI=1S/C10H14O.C10H12O/c1-7(2)9-5-4-8(3)6-10(9)11;1-3-4-9-5-7-10(11-2)8-6-9/h4-7,11H,1-3H3;3,5-8H,1,4H2,2H3. The SMILES string of the molecule is C=CCc1ccc(OC)cc1.Cc1ccc(C(C)C)c(O)c1. The minimum Gasteiger partial charge on any atom is -0.508 e. The Bertz CT molecular complexity index is 583. The van der Waals surface area contributed by atoms with E-state index in [4.69, 9.17) is 4.74 Å². The highest BCUT2D eigenvalue weighted by Crippen LogP contribution is 2.25. The highest BCUT2D eigenvalue weighted by atomic mass is 16.5. The first-order valence-corrected chi connectivity index (χ1v) is 7.51. The molecule has 1 N–H and O–H groups in total. The summed E-state index contributed by atoms with van der Waals surface area (Å²) in [5, 5.41) is 9.46. The number of benzene rings is 2. The van der Waals surface area contributed by atoms with E-state index in [1.807, 2.05) is 49.4 Å². The van der Waals surface area contributed by atoms with Crippen molar-refractivity contribution < 1.29 is 9.84 Å². The summed E-state index contributed by atoms with van der Waals surface area (Å²) >= 11 is 0. The number of phenolic OH excluding ortho intramolecular Hbond substituents is 1. The lowest BCUT2D eigenvalue weighted by Crippen LogP contribution is -1.87. The molecule has 22 heavy (non-hydrogen) atoms. The van der Waals surface area contributed by atoms with Crippen LogP contribution >= 0.6 is 0 Å². The predicted octanol–water partition coefficient (Wildman–Crippen LogP) is 5.25. The van der Waals surface area contributed by atoms with Gasteiger partial charge in [-0.1, -0.05) is 44.2 Å². The van der Waals surface area contributed by atoms with E-state index < -0.39 is 0 Å². The number of allylic oxidation sites excluding steroid dienone is 1. The minimum atomic E-state index is 0.399. The molecule has 2 heteroatoms. The first-order valence-electron chi connectivity index (χ1n) is 7.51. The molecular formula is C20H26O2. The Labute approximate surface area is 134 Å². The normalized spacial score (nSPS) is 9.86. The van der Waals surface area contributed by atoms with Gasteiger partial charge in [0.2, 0.25) is 0 Å². The van der Waals surface area contributed by atoms with E-state index in [0.717, 1.165) is 23.3 Å². The molecule has 0 atom stereocenters. The van der Waals surface area contributed by atoms with Crippen LogP contribution in [0.2, 0.25) is 0 Å². The van der Waals surface area contributed by atoms with E-state index in [0.29, 0.717) is 11.7 Å². The highest BCUT2D eigenvalue weighted by molar-refractivity contribution is 5.37. The molecule has 2 aromatic rings. The number of methoxy groups -OCH3 is 1. The number of phenols is 1. The number of rotatable bonds is 4. The van der Waals surface area contributed by atoms with Gasteiger partial charge in [0.25, 0.3) is 0 Å². The molecule has 0 saturated heterocycles. The molecule has 0 unspecified atom stereocenters. The van der Waals surface area contributed by atoms with Crippen LogP contribution in [-0.2, 0) is 6.42 Å². The minimum absolute atomic E-state index is 0.399. The van der Waals surface area contributed by atoms with E-state index in [1.54, 1.807) is 13.2 Å². The third-order valence-electron chi connectivity index (χ3n) is 3.35. The van der Waals surface area contributed by atoms with Crippen molar-refractivity contribution in [3.63, 3.8) is 0 Å². The van der Waals surface area contributed by atoms with Gasteiger partial charge in [-0.05, 0) is 54.2 Å². The van der Waals surface area contributed by atoms with Crippen LogP contribution < -0.4 is 4.74 Å². The van der Waals surface area contributed by atoms with Gasteiger partial charge >= 0.3 is 0 Å². The van der Waals surface area contributed by atoms with E-state index in [9.17, 15) is 5.11 Å². The van der Waals surface area contributed by atoms with Gasteiger partial charge in [0.15, 0.2) is 0 Å². The maximum absolute atomic E-state index is 9.46. The van der Waals surface area contributed by atoms with Gasteiger partial charge in [-0.25, -0.2) is 0 Å². The molecule has 0 aromatic heterocycles. The van der Waals surface area contributed by atoms with Crippen molar-refractivity contribution in [3.05, 3.63) is 71.8 Å². The quantitative estimate of drug-likeness (QED) is 0.781. The highest BCUT2D eigenvalue weighted by Gasteiger charge is 2.03. The zero-order valence-electron chi connectivity index (χ0n) is 14.0. The van der Waals surface area contributed by atoms with E-state index in [2.05, 4.69) is 20.4 Å². The monoisotopic (exact) mass is 298 g/mol. The van der Waals surface area contributed by atoms with Gasteiger partial charge in [-0.3, -0.25) is 0 Å². The Hall–Kier alpha value is -2.22. The fourth-order valence-electron chi connectivity index (χ4n) is 2.07. The lowest BCUT2D eigenvalue weighted by atomic mass is 10.0. The maximum Gasteiger partial charge on any atom is 0.119 e. The van der Waals surface area contributed by atoms with Crippen molar-refractivity contribution >= 4 is 0 Å². The van der Waals surface area contributed by atoms with Crippen molar-refractivity contribution in [2.24, 2.45) is 0 Å². The lowest BCUT2D eigenvalue weighted by Gasteiger charge is -2.07. The fourth-order valence-corrected chi connectivity index (χ4v) is 2.07. The molecular weight excluding hydrogens is 272 g/mol. The van der Waals surface area contributed by atoms with Crippen LogP contribution in [-0.4, -0.2) is 12.2 Å². The van der Waals surface area contributed by atoms with E-state index in [1.165, 1.54) is 5.56 Å². The summed E-state index contributed by atoms with van der Waals surface area (Å²) in [6.45, 7) is 9.79. The van der Waals surface area contributed by atoms with Gasteiger partial charge in [-0.2, -0.15) is 0 Å². The molecule has 0 bridgehead atoms. The van der Waals surface area contributed by atoms with Gasteiger partial charge in [-0.15, -0.1) is 6.58 Å². The third-order valence-corrected chi connectivity index (χ3v) is 3.35. The van der Waals surface area contributed by atoms with Crippen LogP contribution in [0.1, 0.15) is 36.5 Å². The second-order valence-electron chi connectivity index (χ2n) is 5.56. The number of hydrogen-bond acceptors (Lipinski definition) is 2. The molecule has 0 aliphatic heterocycles. The van der Waals surface area contributed by atoms with Gasteiger partial charge in [0, 0.05) is 0 Å². The molecule has 0 amide bonds. The summed E-state index contributed by atoms with van der Waals surface area (Å²) in [5.74, 6) is 1.72. The average Bonchev–Trinajstić information content (AvgIpc) is 2.48. The fraction of sp³-hybridized carbons (Fsp3) is 0.300. The largest absolute Gasteiger partial charge is 0.508 e. The second kappa shape index (κ2) is 8.93. The van der Waals surface area contributed by atoms with Crippen LogP contribution in [0.4, 0.5) is 0 Å². The van der Waals surface area contributed by atoms with E-state index in [-0.39, 0.29) is 0 Å². The van der Waals surface area contributed by atoms with Crippen LogP contribution in [0, 0.1) is 6.92 Å². The molecule has 0 saturated carbocycles. The Kier molecular flexibility index (Phi) is 7.24. The average molecular weight is 298 g/mol. The number of aryl methyl sites for hydroxylation is 1. The predicted molar refractivity (Wildman–Crippen MR) is 93.8 cm³/mol. The topological polar surface area (TPSA) is 29.5 Å². The summed E-state index contributed by atoms with van der Waals surface area (Å²) in [6, 6.07) is 13.8. The maximum atomic E-state index is 9.46. The summed E-state index contributed by atoms with van der Waals surface area (Å²) in [7, 11) is 1.67. The zero-order chi connectivity index (χ0) is 16.5. The van der Waals surface area contributed by atoms with Crippen LogP contribution in [0.15, 0.2) is 55.1 Å². The van der Waals surface area contributed by atoms with Gasteiger partial charge in [0.05, 0.1) is 7.11 Å². The molecule has 118 valence electrons. The molecule has 0 fully saturated rings. The van der Waals surface area contributed by atoms with Crippen LogP contribution in [0.5, 0.6) is 11.5 Å². The smallest absolute Gasteiger partial charge is 0.119 e. The molecule has 2 nitrogen and oxygen atoms in total. The molecule has 0 heterocycles. The second-order valence-corrected chi connectivity index (χ2v) is 5.56. The van der Waals surface area contributed by atoms with Gasteiger partial charge in [0.1, 0.15) is 11.5 Å². The summed E-state index contributed by atoms with van der Waals surface area (Å²) in [6.07, 6.45) is 2.81. The summed E-state index contributed by atoms with van der Waals surface area (Å²) in [5.41, 5.74) is 3.39. The summed E-state index contributed by atoms with van der Waals surface area (Å²) in [4.78, 5) is 0. The van der Waals surface area contributed by atoms with Crippen molar-refractivity contribution in [2.75, 3.05) is 7.11 Å². The van der Waals surface area contributed by atoms with Crippen molar-refractivity contribution in [3.8, 4) is 11.5 Å². The lowest BCUT2D eigenvalue weighted by molar-refractivity contribution is 0.414. The van der Waals surface area contributed by atoms with Crippen LogP contribution in [0.25, 0.3) is 0 Å². The van der Waals surface area contributed by atoms with E-state index >= 15 is 0 Å². The number of hydrogen-bond donors (Lipinski definition) is 1. The Morgan fingerprint density at radius 1 is 1.14 bits per heavy atom. The number of aromatic hydroxyl groups is 1. The Balaban J connectivity index is 0.000000220. The summed E-state index contributed by atoms with van der Waals surface area (Å²) < 4.78 is 5.02. The first-order chi connectivity index (χ1) is 10.5. The Morgan fingerprint density at radius 2 is 1.77 bits per heavy atom. The third kappa shape index (κ3) is 5.65. The molecule has 0 spiro atoms. The molecule has 0 radical (unpaired) electrons. The zero-order valence-corrected chi connectivity index (χ0v) is 14.0. The van der Waals surface area contributed by atoms with Crippen LogP contribution in [0.3, 0.4) is 0 Å². The molecule has 0 aliphatic carbocycles. The van der Waals surface area contributed by atoms with Crippen molar-refractivity contribution in [2.45, 2.75) is 33.1 Å². The first kappa shape index (κ1) is 17.8. The van der Waals surface area contributed by atoms with Crippen molar-refractivity contribution in [1.29, 1.82) is 0 Å². The number of ether oxygens (including phenoxy) is 1. The molecule has 0 aliphatic rings. The van der Waals surface area contributed by atoms with Gasteiger partial charge < -0.3 is 9.84 Å². The van der Waals surface area contributed by atoms with Crippen molar-refractivity contribution in [1.82, 2.24) is 0 Å². The molecule has 2 rings (SSSR count).